The van der Waals surface area contributed by atoms with Crippen molar-refractivity contribution >= 4 is 11.8 Å². The summed E-state index contributed by atoms with van der Waals surface area (Å²) in [5.41, 5.74) is 0.556. The molecule has 0 aliphatic rings. The minimum absolute atomic E-state index is 0.359. The Kier molecular flexibility index (Phi) is 9.41. The van der Waals surface area contributed by atoms with Gasteiger partial charge in [0.05, 0.1) is 18.5 Å². The predicted octanol–water partition coefficient (Wildman–Crippen LogP) is 2.38. The SMILES string of the molecule is C#C/C=C\C(OCCCCN(C)C)=C(/C)NC(=O)Nc1cnccn1. The molecule has 1 heterocycles. The monoisotopic (exact) mass is 343 g/mol. The number of allylic oxidation sites excluding steroid dienone is 3. The average molecular weight is 343 g/mol. The number of unbranched alkanes of at least 4 members (excludes halogenated alkanes) is 1. The fourth-order valence-electron chi connectivity index (χ4n) is 1.86. The Labute approximate surface area is 149 Å². The van der Waals surface area contributed by atoms with E-state index in [9.17, 15) is 4.79 Å². The average Bonchev–Trinajstić information content (AvgIpc) is 2.57. The number of nitrogens with zero attached hydrogens (tertiary/aromatic N) is 3. The van der Waals surface area contributed by atoms with E-state index in [2.05, 4.69) is 31.4 Å². The Morgan fingerprint density at radius 1 is 1.40 bits per heavy atom. The van der Waals surface area contributed by atoms with Crippen LogP contribution in [-0.4, -0.2) is 48.1 Å². The molecule has 0 aliphatic carbocycles. The van der Waals surface area contributed by atoms with Crippen molar-refractivity contribution in [2.45, 2.75) is 19.8 Å². The molecule has 0 atom stereocenters. The van der Waals surface area contributed by atoms with Crippen molar-refractivity contribution in [1.29, 1.82) is 0 Å². The highest BCUT2D eigenvalue weighted by Crippen LogP contribution is 2.08. The molecule has 0 aliphatic heterocycles. The first-order valence-corrected chi connectivity index (χ1v) is 7.98. The zero-order valence-electron chi connectivity index (χ0n) is 15.0. The highest BCUT2D eigenvalue weighted by Gasteiger charge is 2.07. The highest BCUT2D eigenvalue weighted by molar-refractivity contribution is 5.89. The molecule has 0 aromatic carbocycles. The molecular formula is C18H25N5O2. The van der Waals surface area contributed by atoms with Crippen molar-refractivity contribution < 1.29 is 9.53 Å². The van der Waals surface area contributed by atoms with Crippen LogP contribution in [0.15, 0.2) is 42.2 Å². The van der Waals surface area contributed by atoms with E-state index in [0.29, 0.717) is 23.9 Å². The topological polar surface area (TPSA) is 79.4 Å². The molecular weight excluding hydrogens is 318 g/mol. The van der Waals surface area contributed by atoms with Gasteiger partial charge in [0.2, 0.25) is 0 Å². The lowest BCUT2D eigenvalue weighted by molar-refractivity contribution is 0.208. The fraction of sp³-hybridized carbons (Fsp3) is 0.389. The number of aromatic nitrogens is 2. The smallest absolute Gasteiger partial charge is 0.324 e. The Morgan fingerprint density at radius 3 is 2.84 bits per heavy atom. The van der Waals surface area contributed by atoms with Crippen LogP contribution >= 0.6 is 0 Å². The van der Waals surface area contributed by atoms with Crippen LogP contribution in [0.2, 0.25) is 0 Å². The number of nitrogens with one attached hydrogen (secondary N) is 2. The number of amides is 2. The summed E-state index contributed by atoms with van der Waals surface area (Å²) in [6, 6.07) is -0.430. The summed E-state index contributed by atoms with van der Waals surface area (Å²) in [5.74, 6) is 3.30. The lowest BCUT2D eigenvalue weighted by Crippen LogP contribution is -2.28. The fourth-order valence-corrected chi connectivity index (χ4v) is 1.86. The first-order valence-electron chi connectivity index (χ1n) is 7.98. The second-order valence-electron chi connectivity index (χ2n) is 5.52. The van der Waals surface area contributed by atoms with Gasteiger partial charge in [0, 0.05) is 12.4 Å². The quantitative estimate of drug-likeness (QED) is 0.311. The Balaban J connectivity index is 2.59. The van der Waals surface area contributed by atoms with E-state index in [1.807, 2.05) is 14.1 Å². The standard InChI is InChI=1S/C18H25N5O2/c1-5-6-9-16(25-13-8-7-12-23(3)4)15(2)21-18(24)22-17-14-19-10-11-20-17/h1,6,9-11,14H,7-8,12-13H2,2-4H3,(H2,20,21,22,24)/b9-6-,16-15-. The number of hydrogen-bond donors (Lipinski definition) is 2. The van der Waals surface area contributed by atoms with Gasteiger partial charge in [0.15, 0.2) is 5.82 Å². The number of ether oxygens (including phenoxy) is 1. The maximum atomic E-state index is 12.0. The third-order valence-electron chi connectivity index (χ3n) is 3.06. The number of terminal acetylenes is 1. The Hall–Kier alpha value is -2.85. The molecule has 1 rings (SSSR count). The van der Waals surface area contributed by atoms with Gasteiger partial charge in [-0.25, -0.2) is 9.78 Å². The molecule has 7 nitrogen and oxygen atoms in total. The largest absolute Gasteiger partial charge is 0.492 e. The van der Waals surface area contributed by atoms with Gasteiger partial charge in [-0.15, -0.1) is 6.42 Å². The van der Waals surface area contributed by atoms with Crippen molar-refractivity contribution in [3.8, 4) is 12.3 Å². The summed E-state index contributed by atoms with van der Waals surface area (Å²) in [5, 5.41) is 5.29. The van der Waals surface area contributed by atoms with E-state index in [1.54, 1.807) is 13.0 Å². The molecule has 1 aromatic rings. The highest BCUT2D eigenvalue weighted by atomic mass is 16.5. The van der Waals surface area contributed by atoms with E-state index in [0.717, 1.165) is 19.4 Å². The van der Waals surface area contributed by atoms with Crippen molar-refractivity contribution in [3.05, 3.63) is 42.2 Å². The molecule has 0 bridgehead atoms. The molecule has 134 valence electrons. The lowest BCUT2D eigenvalue weighted by Gasteiger charge is -2.13. The van der Waals surface area contributed by atoms with Gasteiger partial charge in [-0.05, 0) is 52.6 Å². The van der Waals surface area contributed by atoms with Crippen molar-refractivity contribution in [2.75, 3.05) is 32.6 Å². The van der Waals surface area contributed by atoms with Gasteiger partial charge < -0.3 is 15.0 Å². The summed E-state index contributed by atoms with van der Waals surface area (Å²) in [6.45, 7) is 3.29. The molecule has 2 amide bonds. The molecule has 0 saturated heterocycles. The zero-order chi connectivity index (χ0) is 18.5. The summed E-state index contributed by atoms with van der Waals surface area (Å²) in [7, 11) is 4.07. The summed E-state index contributed by atoms with van der Waals surface area (Å²) >= 11 is 0. The van der Waals surface area contributed by atoms with Crippen LogP contribution in [0.3, 0.4) is 0 Å². The van der Waals surface area contributed by atoms with Crippen LogP contribution in [-0.2, 0) is 4.74 Å². The number of carbonyl (C=O) groups excluding carboxylic acids is 1. The molecule has 1 aromatic heterocycles. The van der Waals surface area contributed by atoms with Crippen LogP contribution in [0, 0.1) is 12.3 Å². The Bertz CT molecular complexity index is 633. The van der Waals surface area contributed by atoms with Gasteiger partial charge >= 0.3 is 6.03 Å². The lowest BCUT2D eigenvalue weighted by atomic mass is 10.3. The second kappa shape index (κ2) is 11.6. The minimum atomic E-state index is -0.430. The third kappa shape index (κ3) is 9.13. The number of hydrogen-bond acceptors (Lipinski definition) is 5. The number of carbonyl (C=O) groups is 1. The van der Waals surface area contributed by atoms with Crippen molar-refractivity contribution in [2.24, 2.45) is 0 Å². The first-order chi connectivity index (χ1) is 12.0. The van der Waals surface area contributed by atoms with E-state index < -0.39 is 6.03 Å². The van der Waals surface area contributed by atoms with Gasteiger partial charge in [-0.2, -0.15) is 0 Å². The van der Waals surface area contributed by atoms with E-state index in [4.69, 9.17) is 11.2 Å². The van der Waals surface area contributed by atoms with Crippen LogP contribution < -0.4 is 10.6 Å². The molecule has 25 heavy (non-hydrogen) atoms. The predicted molar refractivity (Wildman–Crippen MR) is 98.6 cm³/mol. The van der Waals surface area contributed by atoms with Crippen molar-refractivity contribution in [1.82, 2.24) is 20.2 Å². The first kappa shape index (κ1) is 20.2. The summed E-state index contributed by atoms with van der Waals surface area (Å²) < 4.78 is 5.75. The summed E-state index contributed by atoms with van der Waals surface area (Å²) in [4.78, 5) is 22.0. The molecule has 7 heteroatoms. The molecule has 0 saturated carbocycles. The van der Waals surface area contributed by atoms with Gasteiger partial charge in [-0.3, -0.25) is 10.3 Å². The van der Waals surface area contributed by atoms with E-state index in [-0.39, 0.29) is 0 Å². The molecule has 2 N–H and O–H groups in total. The summed E-state index contributed by atoms with van der Waals surface area (Å²) in [6.07, 6.45) is 14.9. The van der Waals surface area contributed by atoms with E-state index >= 15 is 0 Å². The van der Waals surface area contributed by atoms with Crippen LogP contribution in [0.5, 0.6) is 0 Å². The number of rotatable bonds is 9. The van der Waals surface area contributed by atoms with Crippen molar-refractivity contribution in [3.63, 3.8) is 0 Å². The van der Waals surface area contributed by atoms with E-state index in [1.165, 1.54) is 24.7 Å². The normalized spacial score (nSPS) is 11.8. The maximum Gasteiger partial charge on any atom is 0.324 e. The minimum Gasteiger partial charge on any atom is -0.492 e. The maximum absolute atomic E-state index is 12.0. The Morgan fingerprint density at radius 2 is 2.20 bits per heavy atom. The number of urea groups is 1. The second-order valence-corrected chi connectivity index (χ2v) is 5.52. The number of anilines is 1. The third-order valence-corrected chi connectivity index (χ3v) is 3.06. The molecule has 0 fully saturated rings. The van der Waals surface area contributed by atoms with Crippen LogP contribution in [0.4, 0.5) is 10.6 Å². The molecule has 0 radical (unpaired) electrons. The zero-order valence-corrected chi connectivity index (χ0v) is 15.0. The van der Waals surface area contributed by atoms with Crippen LogP contribution in [0.25, 0.3) is 0 Å². The molecule has 0 unspecified atom stereocenters. The van der Waals surface area contributed by atoms with Gasteiger partial charge in [0.1, 0.15) is 5.76 Å². The van der Waals surface area contributed by atoms with Gasteiger partial charge in [0.25, 0.3) is 0 Å². The molecule has 0 spiro atoms. The van der Waals surface area contributed by atoms with Crippen LogP contribution in [0.1, 0.15) is 19.8 Å². The van der Waals surface area contributed by atoms with Gasteiger partial charge in [-0.1, -0.05) is 5.92 Å².